The first-order valence-electron chi connectivity index (χ1n) is 4.46. The molecule has 0 amide bonds. The first-order valence-corrected chi connectivity index (χ1v) is 4.46. The molecule has 0 spiro atoms. The Labute approximate surface area is 89.6 Å². The van der Waals surface area contributed by atoms with Gasteiger partial charge in [0.25, 0.3) is 0 Å². The fraction of sp³-hybridized carbons (Fsp3) is 0.875. The Morgan fingerprint density at radius 3 is 2.25 bits per heavy atom. The second-order valence-electron chi connectivity index (χ2n) is 3.09. The van der Waals surface area contributed by atoms with Gasteiger partial charge in [-0.25, -0.2) is 9.18 Å². The van der Waals surface area contributed by atoms with Gasteiger partial charge in [0.15, 0.2) is 0 Å². The average molecular weight is 247 g/mol. The van der Waals surface area contributed by atoms with E-state index in [9.17, 15) is 17.6 Å². The number of hydrogen-bond acceptors (Lipinski definition) is 3. The van der Waals surface area contributed by atoms with E-state index in [1.807, 2.05) is 0 Å². The van der Waals surface area contributed by atoms with E-state index in [1.165, 1.54) is 0 Å². The smallest absolute Gasteiger partial charge is 0.475 e. The van der Waals surface area contributed by atoms with E-state index >= 15 is 0 Å². The van der Waals surface area contributed by atoms with Gasteiger partial charge in [-0.2, -0.15) is 13.2 Å². The van der Waals surface area contributed by atoms with Crippen LogP contribution in [0.2, 0.25) is 0 Å². The van der Waals surface area contributed by atoms with E-state index in [4.69, 9.17) is 14.6 Å². The highest BCUT2D eigenvalue weighted by Gasteiger charge is 2.38. The highest BCUT2D eigenvalue weighted by atomic mass is 19.4. The largest absolute Gasteiger partial charge is 0.490 e. The minimum Gasteiger partial charge on any atom is -0.475 e. The zero-order chi connectivity index (χ0) is 12.8. The molecule has 0 aromatic carbocycles. The highest BCUT2D eigenvalue weighted by Crippen LogP contribution is 2.13. The van der Waals surface area contributed by atoms with Gasteiger partial charge in [-0.05, 0) is 13.0 Å². The lowest BCUT2D eigenvalue weighted by molar-refractivity contribution is -0.192. The summed E-state index contributed by atoms with van der Waals surface area (Å²) in [4.78, 5) is 8.90. The third-order valence-electron chi connectivity index (χ3n) is 1.89. The summed E-state index contributed by atoms with van der Waals surface area (Å²) in [5.41, 5.74) is 0. The molecule has 2 atom stereocenters. The van der Waals surface area contributed by atoms with Crippen LogP contribution in [-0.2, 0) is 9.53 Å². The Hall–Kier alpha value is -0.890. The predicted octanol–water partition coefficient (Wildman–Crippen LogP) is 0.966. The van der Waals surface area contributed by atoms with Gasteiger partial charge in [0, 0.05) is 13.7 Å². The van der Waals surface area contributed by atoms with Gasteiger partial charge in [0.1, 0.15) is 12.3 Å². The first-order chi connectivity index (χ1) is 7.29. The normalized spacial score (nSPS) is 25.6. The molecular formula is C8H13F4NO3. The van der Waals surface area contributed by atoms with Crippen molar-refractivity contribution in [3.8, 4) is 0 Å². The van der Waals surface area contributed by atoms with Gasteiger partial charge in [-0.15, -0.1) is 0 Å². The fourth-order valence-electron chi connectivity index (χ4n) is 1.03. The molecule has 0 unspecified atom stereocenters. The predicted molar refractivity (Wildman–Crippen MR) is 46.9 cm³/mol. The molecule has 0 aliphatic carbocycles. The Balaban J connectivity index is 0.000000293. The van der Waals surface area contributed by atoms with Crippen LogP contribution in [0.1, 0.15) is 6.42 Å². The SMILES string of the molecule is CO[C@@H]1CNCC[C@H]1F.O=C(O)C(F)(F)F. The molecule has 1 aliphatic rings. The second-order valence-corrected chi connectivity index (χ2v) is 3.09. The van der Waals surface area contributed by atoms with E-state index in [2.05, 4.69) is 5.32 Å². The van der Waals surface area contributed by atoms with Crippen LogP contribution in [0.3, 0.4) is 0 Å². The number of carbonyl (C=O) groups is 1. The van der Waals surface area contributed by atoms with Gasteiger partial charge < -0.3 is 15.2 Å². The number of rotatable bonds is 1. The third kappa shape index (κ3) is 5.86. The molecule has 0 radical (unpaired) electrons. The number of methoxy groups -OCH3 is 1. The van der Waals surface area contributed by atoms with Crippen molar-refractivity contribution in [3.05, 3.63) is 0 Å². The molecule has 0 bridgehead atoms. The monoisotopic (exact) mass is 247 g/mol. The number of halogens is 4. The van der Waals surface area contributed by atoms with Gasteiger partial charge in [0.2, 0.25) is 0 Å². The number of carboxylic acid groups (broad SMARTS) is 1. The van der Waals surface area contributed by atoms with Crippen LogP contribution in [0.4, 0.5) is 17.6 Å². The molecule has 1 saturated heterocycles. The number of piperidine rings is 1. The summed E-state index contributed by atoms with van der Waals surface area (Å²) in [5.74, 6) is -2.76. The summed E-state index contributed by atoms with van der Waals surface area (Å²) in [6.45, 7) is 1.43. The van der Waals surface area contributed by atoms with Crippen molar-refractivity contribution in [1.29, 1.82) is 0 Å². The van der Waals surface area contributed by atoms with Crippen molar-refractivity contribution in [2.45, 2.75) is 24.9 Å². The molecule has 1 heterocycles. The van der Waals surface area contributed by atoms with E-state index < -0.39 is 18.3 Å². The lowest BCUT2D eigenvalue weighted by Gasteiger charge is -2.24. The van der Waals surface area contributed by atoms with E-state index in [0.717, 1.165) is 6.54 Å². The van der Waals surface area contributed by atoms with Crippen molar-refractivity contribution in [2.75, 3.05) is 20.2 Å². The molecule has 1 fully saturated rings. The van der Waals surface area contributed by atoms with E-state index in [-0.39, 0.29) is 6.10 Å². The van der Waals surface area contributed by atoms with Crippen molar-refractivity contribution in [1.82, 2.24) is 5.32 Å². The zero-order valence-electron chi connectivity index (χ0n) is 8.55. The van der Waals surface area contributed by atoms with E-state index in [0.29, 0.717) is 13.0 Å². The van der Waals surface area contributed by atoms with Gasteiger partial charge in [0.05, 0.1) is 0 Å². The maximum atomic E-state index is 12.7. The maximum Gasteiger partial charge on any atom is 0.490 e. The third-order valence-corrected chi connectivity index (χ3v) is 1.89. The van der Waals surface area contributed by atoms with E-state index in [1.54, 1.807) is 7.11 Å². The summed E-state index contributed by atoms with van der Waals surface area (Å²) in [6, 6.07) is 0. The highest BCUT2D eigenvalue weighted by molar-refractivity contribution is 5.73. The molecule has 0 aromatic heterocycles. The number of hydrogen-bond donors (Lipinski definition) is 2. The Morgan fingerprint density at radius 2 is 2.00 bits per heavy atom. The topological polar surface area (TPSA) is 58.6 Å². The van der Waals surface area contributed by atoms with Crippen LogP contribution < -0.4 is 5.32 Å². The lowest BCUT2D eigenvalue weighted by Crippen LogP contribution is -2.42. The first kappa shape index (κ1) is 15.1. The Bertz CT molecular complexity index is 222. The molecule has 96 valence electrons. The lowest BCUT2D eigenvalue weighted by atomic mass is 10.1. The van der Waals surface area contributed by atoms with Crippen LogP contribution in [0, 0.1) is 0 Å². The van der Waals surface area contributed by atoms with Crippen LogP contribution in [0.25, 0.3) is 0 Å². The van der Waals surface area contributed by atoms with Gasteiger partial charge >= 0.3 is 12.1 Å². The van der Waals surface area contributed by atoms with Gasteiger partial charge in [-0.1, -0.05) is 0 Å². The molecule has 8 heteroatoms. The number of nitrogens with one attached hydrogen (secondary N) is 1. The summed E-state index contributed by atoms with van der Waals surface area (Å²) in [7, 11) is 1.55. The molecule has 1 aliphatic heterocycles. The molecule has 0 aromatic rings. The minimum atomic E-state index is -5.08. The molecular weight excluding hydrogens is 234 g/mol. The summed E-state index contributed by atoms with van der Waals surface area (Å²) < 4.78 is 49.3. The fourth-order valence-corrected chi connectivity index (χ4v) is 1.03. The van der Waals surface area contributed by atoms with Crippen LogP contribution in [-0.4, -0.2) is 49.7 Å². The zero-order valence-corrected chi connectivity index (χ0v) is 8.55. The molecule has 0 saturated carbocycles. The molecule has 16 heavy (non-hydrogen) atoms. The number of aliphatic carboxylic acids is 1. The van der Waals surface area contributed by atoms with Crippen molar-refractivity contribution in [3.63, 3.8) is 0 Å². The molecule has 1 rings (SSSR count). The van der Waals surface area contributed by atoms with Crippen LogP contribution in [0.15, 0.2) is 0 Å². The Morgan fingerprint density at radius 1 is 1.50 bits per heavy atom. The van der Waals surface area contributed by atoms with Crippen LogP contribution >= 0.6 is 0 Å². The second kappa shape index (κ2) is 6.64. The quantitative estimate of drug-likeness (QED) is 0.678. The number of ether oxygens (including phenoxy) is 1. The Kier molecular flexibility index (Phi) is 6.27. The number of alkyl halides is 4. The van der Waals surface area contributed by atoms with Crippen LogP contribution in [0.5, 0.6) is 0 Å². The standard InChI is InChI=1S/C6H12FNO.C2HF3O2/c1-9-6-4-8-3-2-5(6)7;3-2(4,5)1(6)7/h5-6,8H,2-4H2,1H3;(H,6,7)/t5-,6-;/m1./s1. The van der Waals surface area contributed by atoms with Crippen molar-refractivity contribution < 1.29 is 32.2 Å². The summed E-state index contributed by atoms with van der Waals surface area (Å²) in [6.07, 6.45) is -5.49. The van der Waals surface area contributed by atoms with Crippen molar-refractivity contribution >= 4 is 5.97 Å². The molecule has 2 N–H and O–H groups in total. The number of carboxylic acids is 1. The minimum absolute atomic E-state index is 0.223. The molecule has 4 nitrogen and oxygen atoms in total. The maximum absolute atomic E-state index is 12.7. The summed E-state index contributed by atoms with van der Waals surface area (Å²) >= 11 is 0. The average Bonchev–Trinajstić information content (AvgIpc) is 2.18. The van der Waals surface area contributed by atoms with Crippen molar-refractivity contribution in [2.24, 2.45) is 0 Å². The summed E-state index contributed by atoms with van der Waals surface area (Å²) in [5, 5.41) is 10.2. The van der Waals surface area contributed by atoms with Gasteiger partial charge in [-0.3, -0.25) is 0 Å².